The molecule has 1 aromatic heterocycles. The van der Waals surface area contributed by atoms with Crippen LogP contribution in [0, 0.1) is 5.92 Å². The van der Waals surface area contributed by atoms with Crippen molar-refractivity contribution in [2.24, 2.45) is 11.7 Å². The predicted octanol–water partition coefficient (Wildman–Crippen LogP) is 3.38. The summed E-state index contributed by atoms with van der Waals surface area (Å²) in [7, 11) is 0. The molecule has 3 nitrogen and oxygen atoms in total. The third-order valence-corrected chi connectivity index (χ3v) is 2.35. The number of rotatable bonds is 5. The van der Waals surface area contributed by atoms with Crippen molar-refractivity contribution in [3.63, 3.8) is 0 Å². The molecule has 0 fully saturated rings. The number of nitrogens with two attached hydrogens (primary N) is 1. The van der Waals surface area contributed by atoms with Gasteiger partial charge >= 0.3 is 0 Å². The molecule has 0 aliphatic rings. The summed E-state index contributed by atoms with van der Waals surface area (Å²) >= 11 is 0. The van der Waals surface area contributed by atoms with E-state index in [-0.39, 0.29) is 5.76 Å². The van der Waals surface area contributed by atoms with Gasteiger partial charge in [0.25, 0.3) is 5.91 Å². The average molecular weight is 233 g/mol. The summed E-state index contributed by atoms with van der Waals surface area (Å²) in [5.74, 6) is 0.943. The van der Waals surface area contributed by atoms with Crippen LogP contribution in [0.25, 0.3) is 5.57 Å². The molecule has 1 amide bonds. The van der Waals surface area contributed by atoms with Crippen LogP contribution in [0.3, 0.4) is 0 Å². The minimum Gasteiger partial charge on any atom is -0.451 e. The molecule has 3 heteroatoms. The van der Waals surface area contributed by atoms with Crippen LogP contribution in [0.1, 0.15) is 43.5 Å². The number of hydrogen-bond donors (Lipinski definition) is 1. The van der Waals surface area contributed by atoms with Gasteiger partial charge < -0.3 is 10.2 Å². The summed E-state index contributed by atoms with van der Waals surface area (Å²) in [4.78, 5) is 10.9. The molecule has 0 unspecified atom stereocenters. The van der Waals surface area contributed by atoms with Crippen LogP contribution in [-0.4, -0.2) is 5.91 Å². The average Bonchev–Trinajstić information content (AvgIpc) is 2.73. The summed E-state index contributed by atoms with van der Waals surface area (Å²) in [6, 6.07) is 3.35. The van der Waals surface area contributed by atoms with E-state index in [9.17, 15) is 4.79 Å². The third kappa shape index (κ3) is 3.94. The van der Waals surface area contributed by atoms with Crippen LogP contribution < -0.4 is 5.73 Å². The van der Waals surface area contributed by atoms with Gasteiger partial charge in [-0.15, -0.1) is 0 Å². The van der Waals surface area contributed by atoms with Gasteiger partial charge in [-0.1, -0.05) is 32.1 Å². The highest BCUT2D eigenvalue weighted by Gasteiger charge is 2.08. The molecule has 0 saturated heterocycles. The van der Waals surface area contributed by atoms with Gasteiger partial charge in [0.15, 0.2) is 5.76 Å². The maximum atomic E-state index is 10.9. The zero-order valence-electron chi connectivity index (χ0n) is 10.6. The van der Waals surface area contributed by atoms with Crippen molar-refractivity contribution in [1.29, 1.82) is 0 Å². The van der Waals surface area contributed by atoms with Crippen molar-refractivity contribution >= 4 is 11.5 Å². The van der Waals surface area contributed by atoms with Crippen molar-refractivity contribution < 1.29 is 9.21 Å². The Bertz CT molecular complexity index is 439. The number of hydrogen-bond acceptors (Lipinski definition) is 2. The second kappa shape index (κ2) is 6.09. The molecule has 0 aliphatic carbocycles. The smallest absolute Gasteiger partial charge is 0.284 e. The Morgan fingerprint density at radius 1 is 1.41 bits per heavy atom. The predicted molar refractivity (Wildman–Crippen MR) is 69.5 cm³/mol. The fourth-order valence-corrected chi connectivity index (χ4v) is 1.41. The Kier molecular flexibility index (Phi) is 4.76. The molecule has 17 heavy (non-hydrogen) atoms. The first-order valence-electron chi connectivity index (χ1n) is 5.77. The molecule has 0 aromatic carbocycles. The summed E-state index contributed by atoms with van der Waals surface area (Å²) in [5.41, 5.74) is 6.09. The molecule has 1 heterocycles. The first-order valence-corrected chi connectivity index (χ1v) is 5.77. The Morgan fingerprint density at radius 3 is 2.53 bits per heavy atom. The van der Waals surface area contributed by atoms with E-state index in [2.05, 4.69) is 19.9 Å². The van der Waals surface area contributed by atoms with Gasteiger partial charge in [-0.3, -0.25) is 4.79 Å². The van der Waals surface area contributed by atoms with E-state index < -0.39 is 5.91 Å². The highest BCUT2D eigenvalue weighted by Crippen LogP contribution is 2.19. The number of carbonyl (C=O) groups is 1. The standard InChI is InChI=1S/C14H19NO2/c1-4-11(7-5-6-10(2)3)12-8-9-13(17-12)14(15)16/h4-5,7-10H,6H2,1-3H3,(H2,15,16)/b7-5-,11-4+. The van der Waals surface area contributed by atoms with Crippen LogP contribution in [0.15, 0.2) is 34.8 Å². The quantitative estimate of drug-likeness (QED) is 0.792. The summed E-state index contributed by atoms with van der Waals surface area (Å²) in [6.07, 6.45) is 7.07. The monoisotopic (exact) mass is 233 g/mol. The van der Waals surface area contributed by atoms with Crippen LogP contribution in [0.4, 0.5) is 0 Å². The van der Waals surface area contributed by atoms with E-state index in [0.29, 0.717) is 11.7 Å². The topological polar surface area (TPSA) is 56.2 Å². The Hall–Kier alpha value is -1.77. The summed E-state index contributed by atoms with van der Waals surface area (Å²) in [5, 5.41) is 0. The summed E-state index contributed by atoms with van der Waals surface area (Å²) in [6.45, 7) is 6.26. The van der Waals surface area contributed by atoms with E-state index in [1.807, 2.05) is 19.1 Å². The van der Waals surface area contributed by atoms with Crippen LogP contribution in [-0.2, 0) is 0 Å². The van der Waals surface area contributed by atoms with Crippen molar-refractivity contribution in [3.05, 3.63) is 41.9 Å². The molecule has 0 saturated carbocycles. The molecule has 92 valence electrons. The lowest BCUT2D eigenvalue weighted by atomic mass is 10.1. The maximum absolute atomic E-state index is 10.9. The molecule has 0 radical (unpaired) electrons. The van der Waals surface area contributed by atoms with E-state index in [4.69, 9.17) is 10.2 Å². The minimum atomic E-state index is -0.544. The van der Waals surface area contributed by atoms with Gasteiger partial charge in [0.05, 0.1) is 0 Å². The van der Waals surface area contributed by atoms with Crippen molar-refractivity contribution in [3.8, 4) is 0 Å². The second-order valence-corrected chi connectivity index (χ2v) is 4.30. The van der Waals surface area contributed by atoms with Gasteiger partial charge in [-0.25, -0.2) is 0 Å². The number of amides is 1. The van der Waals surface area contributed by atoms with E-state index >= 15 is 0 Å². The maximum Gasteiger partial charge on any atom is 0.284 e. The SMILES string of the molecule is C/C=C(\C=C/CC(C)C)c1ccc(C(N)=O)o1. The fourth-order valence-electron chi connectivity index (χ4n) is 1.41. The molecular formula is C14H19NO2. The molecule has 0 atom stereocenters. The molecule has 0 spiro atoms. The molecule has 0 aliphatic heterocycles. The van der Waals surface area contributed by atoms with E-state index in [1.54, 1.807) is 12.1 Å². The molecule has 1 rings (SSSR count). The second-order valence-electron chi connectivity index (χ2n) is 4.30. The zero-order valence-corrected chi connectivity index (χ0v) is 10.6. The van der Waals surface area contributed by atoms with Gasteiger partial charge in [0, 0.05) is 5.57 Å². The van der Waals surface area contributed by atoms with Crippen LogP contribution in [0.5, 0.6) is 0 Å². The Labute approximate surface area is 102 Å². The van der Waals surface area contributed by atoms with Gasteiger partial charge in [-0.05, 0) is 31.4 Å². The normalized spacial score (nSPS) is 12.6. The van der Waals surface area contributed by atoms with E-state index in [1.165, 1.54) is 0 Å². The third-order valence-electron chi connectivity index (χ3n) is 2.35. The van der Waals surface area contributed by atoms with Crippen molar-refractivity contribution in [1.82, 2.24) is 0 Å². The highest BCUT2D eigenvalue weighted by molar-refractivity contribution is 5.90. The van der Waals surface area contributed by atoms with Gasteiger partial charge in [-0.2, -0.15) is 0 Å². The lowest BCUT2D eigenvalue weighted by molar-refractivity contribution is 0.0973. The van der Waals surface area contributed by atoms with E-state index in [0.717, 1.165) is 12.0 Å². The van der Waals surface area contributed by atoms with Crippen molar-refractivity contribution in [2.75, 3.05) is 0 Å². The number of allylic oxidation sites excluding steroid dienone is 4. The van der Waals surface area contributed by atoms with Gasteiger partial charge in [0.1, 0.15) is 5.76 Å². The lowest BCUT2D eigenvalue weighted by Gasteiger charge is -1.99. The van der Waals surface area contributed by atoms with Gasteiger partial charge in [0.2, 0.25) is 0 Å². The molecule has 2 N–H and O–H groups in total. The van der Waals surface area contributed by atoms with Crippen molar-refractivity contribution in [2.45, 2.75) is 27.2 Å². The first kappa shape index (κ1) is 13.3. The number of primary amides is 1. The first-order chi connectivity index (χ1) is 8.04. The lowest BCUT2D eigenvalue weighted by Crippen LogP contribution is -2.09. The summed E-state index contributed by atoms with van der Waals surface area (Å²) < 4.78 is 5.36. The molecule has 1 aromatic rings. The van der Waals surface area contributed by atoms with Crippen LogP contribution >= 0.6 is 0 Å². The Morgan fingerprint density at radius 2 is 2.06 bits per heavy atom. The highest BCUT2D eigenvalue weighted by atomic mass is 16.3. The Balaban J connectivity index is 2.80. The van der Waals surface area contributed by atoms with Crippen LogP contribution in [0.2, 0.25) is 0 Å². The largest absolute Gasteiger partial charge is 0.451 e. The fraction of sp³-hybridized carbons (Fsp3) is 0.357. The zero-order chi connectivity index (χ0) is 12.8. The number of furan rings is 1. The number of carbonyl (C=O) groups excluding carboxylic acids is 1. The minimum absolute atomic E-state index is 0.191. The molecular weight excluding hydrogens is 214 g/mol. The molecule has 0 bridgehead atoms.